The third kappa shape index (κ3) is 4.27. The predicted molar refractivity (Wildman–Crippen MR) is 124 cm³/mol. The van der Waals surface area contributed by atoms with Crippen molar-refractivity contribution >= 4 is 22.6 Å². The molecule has 4 aromatic rings. The maximum atomic E-state index is 14.1. The number of carbonyl (C=O) groups is 2. The molecule has 0 aliphatic heterocycles. The number of aromatic amines is 1. The van der Waals surface area contributed by atoms with Gasteiger partial charge < -0.3 is 24.5 Å². The van der Waals surface area contributed by atoms with E-state index < -0.39 is 17.5 Å². The molecule has 0 bridgehead atoms. The van der Waals surface area contributed by atoms with E-state index in [1.165, 1.54) is 39.5 Å². The highest BCUT2D eigenvalue weighted by molar-refractivity contribution is 6.02. The lowest BCUT2D eigenvalue weighted by Gasteiger charge is -2.11. The number of rotatable bonds is 8. The lowest BCUT2D eigenvalue weighted by Crippen LogP contribution is -2.30. The number of fused-ring (bicyclic) bond motifs is 1. The monoisotopic (exact) mass is 463 g/mol. The fraction of sp³-hybridized carbons (Fsp3) is 0.160. The molecule has 0 radical (unpaired) electrons. The first-order valence-electron chi connectivity index (χ1n) is 10.3. The van der Waals surface area contributed by atoms with Gasteiger partial charge in [-0.05, 0) is 36.4 Å². The smallest absolute Gasteiger partial charge is 0.251 e. The number of H-pyrrole nitrogens is 1. The third-order valence-electron chi connectivity index (χ3n) is 5.34. The molecule has 0 unspecified atom stereocenters. The van der Waals surface area contributed by atoms with E-state index in [2.05, 4.69) is 15.3 Å². The van der Waals surface area contributed by atoms with Crippen molar-refractivity contribution in [3.63, 3.8) is 0 Å². The fourth-order valence-electron chi connectivity index (χ4n) is 3.60. The van der Waals surface area contributed by atoms with E-state index in [0.717, 1.165) is 0 Å². The minimum Gasteiger partial charge on any atom is -0.494 e. The molecule has 2 N–H and O–H groups in total. The largest absolute Gasteiger partial charge is 0.494 e. The number of benzene rings is 2. The van der Waals surface area contributed by atoms with Crippen LogP contribution in [0.5, 0.6) is 17.2 Å². The first-order chi connectivity index (χ1) is 16.5. The van der Waals surface area contributed by atoms with Crippen molar-refractivity contribution in [1.82, 2.24) is 15.3 Å². The summed E-state index contributed by atoms with van der Waals surface area (Å²) in [5.41, 5.74) is 1.76. The number of nitrogens with zero attached hydrogens (tertiary/aromatic N) is 1. The van der Waals surface area contributed by atoms with Crippen LogP contribution in [-0.2, 0) is 0 Å². The number of carbonyl (C=O) groups excluding carboxylic acids is 2. The van der Waals surface area contributed by atoms with E-state index in [0.29, 0.717) is 45.0 Å². The van der Waals surface area contributed by atoms with Crippen molar-refractivity contribution in [2.45, 2.75) is 0 Å². The van der Waals surface area contributed by atoms with Crippen LogP contribution < -0.4 is 19.5 Å². The Bertz CT molecular complexity index is 1380. The average Bonchev–Trinajstić information content (AvgIpc) is 3.31. The van der Waals surface area contributed by atoms with Gasteiger partial charge in [0, 0.05) is 22.7 Å². The Labute approximate surface area is 194 Å². The summed E-state index contributed by atoms with van der Waals surface area (Å²) in [6.45, 7) is -0.269. The van der Waals surface area contributed by atoms with Gasteiger partial charge in [0.05, 0.1) is 33.4 Å². The first kappa shape index (κ1) is 22.8. The molecule has 2 aromatic carbocycles. The van der Waals surface area contributed by atoms with Crippen LogP contribution in [0.4, 0.5) is 4.39 Å². The van der Waals surface area contributed by atoms with Gasteiger partial charge in [-0.3, -0.25) is 9.59 Å². The van der Waals surface area contributed by atoms with Gasteiger partial charge in [0.15, 0.2) is 17.3 Å². The fourth-order valence-corrected chi connectivity index (χ4v) is 3.60. The van der Waals surface area contributed by atoms with Crippen LogP contribution in [0.25, 0.3) is 22.2 Å². The molecule has 0 spiro atoms. The SMILES string of the molecule is COc1ccc(C(=O)NCC(=O)c2ccc(OC)c(-c3c[nH]c4c(F)cccc34)n2)cc1OC. The summed E-state index contributed by atoms with van der Waals surface area (Å²) in [5, 5.41) is 3.20. The molecule has 0 saturated carbocycles. The van der Waals surface area contributed by atoms with Crippen molar-refractivity contribution in [3.8, 4) is 28.5 Å². The number of nitrogens with one attached hydrogen (secondary N) is 2. The van der Waals surface area contributed by atoms with Crippen LogP contribution in [0.15, 0.2) is 54.7 Å². The number of methoxy groups -OCH3 is 3. The van der Waals surface area contributed by atoms with Gasteiger partial charge in [-0.1, -0.05) is 12.1 Å². The lowest BCUT2D eigenvalue weighted by molar-refractivity contribution is 0.0902. The summed E-state index contributed by atoms with van der Waals surface area (Å²) in [7, 11) is 4.46. The Morgan fingerprint density at radius 1 is 0.971 bits per heavy atom. The van der Waals surface area contributed by atoms with E-state index in [1.807, 2.05) is 0 Å². The molecular formula is C25H22FN3O5. The molecule has 0 atom stereocenters. The van der Waals surface area contributed by atoms with E-state index >= 15 is 0 Å². The standard InChI is InChI=1S/C25H22FN3O5/c1-32-20-9-7-14(11-22(20)34-3)25(31)28-13-19(30)18-8-10-21(33-2)24(29-18)16-12-27-23-15(16)5-4-6-17(23)26/h4-12,27H,13H2,1-3H3,(H,28,31). The van der Waals surface area contributed by atoms with Crippen LogP contribution >= 0.6 is 0 Å². The molecule has 1 amide bonds. The molecule has 8 nitrogen and oxygen atoms in total. The summed E-state index contributed by atoms with van der Waals surface area (Å²) >= 11 is 0. The van der Waals surface area contributed by atoms with Gasteiger partial charge in [-0.2, -0.15) is 0 Å². The van der Waals surface area contributed by atoms with Crippen LogP contribution in [0.3, 0.4) is 0 Å². The summed E-state index contributed by atoms with van der Waals surface area (Å²) in [5.74, 6) is 0.0724. The second-order valence-corrected chi connectivity index (χ2v) is 7.29. The van der Waals surface area contributed by atoms with E-state index in [4.69, 9.17) is 14.2 Å². The molecular weight excluding hydrogens is 441 g/mol. The third-order valence-corrected chi connectivity index (χ3v) is 5.34. The number of pyridine rings is 1. The average molecular weight is 463 g/mol. The zero-order chi connectivity index (χ0) is 24.2. The Balaban J connectivity index is 1.56. The number of amides is 1. The number of para-hydroxylation sites is 1. The van der Waals surface area contributed by atoms with Crippen molar-refractivity contribution in [1.29, 1.82) is 0 Å². The van der Waals surface area contributed by atoms with E-state index in [1.54, 1.807) is 36.5 Å². The highest BCUT2D eigenvalue weighted by atomic mass is 19.1. The van der Waals surface area contributed by atoms with Crippen LogP contribution in [0, 0.1) is 5.82 Å². The Morgan fingerprint density at radius 3 is 2.44 bits per heavy atom. The summed E-state index contributed by atoms with van der Waals surface area (Å²) < 4.78 is 29.9. The molecule has 0 saturated heterocycles. The van der Waals surface area contributed by atoms with Crippen LogP contribution in [-0.4, -0.2) is 49.5 Å². The predicted octanol–water partition coefficient (Wildman–Crippen LogP) is 4.01. The summed E-state index contributed by atoms with van der Waals surface area (Å²) in [4.78, 5) is 32.7. The van der Waals surface area contributed by atoms with Gasteiger partial charge in [0.1, 0.15) is 23.0 Å². The van der Waals surface area contributed by atoms with E-state index in [9.17, 15) is 14.0 Å². The van der Waals surface area contributed by atoms with Crippen molar-refractivity contribution in [2.75, 3.05) is 27.9 Å². The summed E-state index contributed by atoms with van der Waals surface area (Å²) in [6, 6.07) is 12.5. The van der Waals surface area contributed by atoms with Gasteiger partial charge in [-0.15, -0.1) is 0 Å². The quantitative estimate of drug-likeness (QED) is 0.383. The molecule has 2 aromatic heterocycles. The molecule has 2 heterocycles. The molecule has 34 heavy (non-hydrogen) atoms. The van der Waals surface area contributed by atoms with Crippen LogP contribution in [0.2, 0.25) is 0 Å². The normalized spacial score (nSPS) is 10.7. The number of ether oxygens (including phenoxy) is 3. The number of Topliss-reactive ketones (excluding diaryl/α,β-unsaturated/α-hetero) is 1. The molecule has 174 valence electrons. The Hall–Kier alpha value is -4.40. The van der Waals surface area contributed by atoms with Crippen LogP contribution in [0.1, 0.15) is 20.8 Å². The van der Waals surface area contributed by atoms with Gasteiger partial charge in [-0.25, -0.2) is 9.37 Å². The Kier molecular flexibility index (Phi) is 6.44. The highest BCUT2D eigenvalue weighted by Crippen LogP contribution is 2.34. The minimum atomic E-state index is -0.449. The molecule has 4 rings (SSSR count). The number of halogens is 1. The number of aromatic nitrogens is 2. The van der Waals surface area contributed by atoms with Gasteiger partial charge in [0.2, 0.25) is 0 Å². The minimum absolute atomic E-state index is 0.133. The van der Waals surface area contributed by atoms with E-state index in [-0.39, 0.29) is 12.2 Å². The zero-order valence-corrected chi connectivity index (χ0v) is 18.8. The highest BCUT2D eigenvalue weighted by Gasteiger charge is 2.19. The van der Waals surface area contributed by atoms with Crippen molar-refractivity contribution in [2.24, 2.45) is 0 Å². The maximum absolute atomic E-state index is 14.1. The van der Waals surface area contributed by atoms with Gasteiger partial charge in [0.25, 0.3) is 5.91 Å². The maximum Gasteiger partial charge on any atom is 0.251 e. The second-order valence-electron chi connectivity index (χ2n) is 7.29. The number of hydrogen-bond donors (Lipinski definition) is 2. The molecule has 0 aliphatic rings. The molecule has 0 fully saturated rings. The van der Waals surface area contributed by atoms with Crippen molar-refractivity contribution < 1.29 is 28.2 Å². The first-order valence-corrected chi connectivity index (χ1v) is 10.3. The zero-order valence-electron chi connectivity index (χ0n) is 18.8. The number of ketones is 1. The topological polar surface area (TPSA) is 103 Å². The molecule has 0 aliphatic carbocycles. The summed E-state index contributed by atoms with van der Waals surface area (Å²) in [6.07, 6.45) is 1.62. The Morgan fingerprint density at radius 2 is 1.71 bits per heavy atom. The second kappa shape index (κ2) is 9.62. The van der Waals surface area contributed by atoms with Crippen molar-refractivity contribution in [3.05, 3.63) is 71.8 Å². The number of hydrogen-bond acceptors (Lipinski definition) is 6. The molecule has 9 heteroatoms. The lowest BCUT2D eigenvalue weighted by atomic mass is 10.1. The van der Waals surface area contributed by atoms with Gasteiger partial charge >= 0.3 is 0 Å².